The van der Waals surface area contributed by atoms with Crippen molar-refractivity contribution in [1.29, 1.82) is 0 Å². The fraction of sp³-hybridized carbons (Fsp3) is 0.533. The second-order valence-corrected chi connectivity index (χ2v) is 7.48. The van der Waals surface area contributed by atoms with Gasteiger partial charge in [-0.1, -0.05) is 45.7 Å². The minimum atomic E-state index is 0.121. The van der Waals surface area contributed by atoms with Crippen LogP contribution in [0.1, 0.15) is 24.2 Å². The van der Waals surface area contributed by atoms with Crippen LogP contribution in [0.25, 0.3) is 0 Å². The summed E-state index contributed by atoms with van der Waals surface area (Å²) in [6.45, 7) is 9.15. The third kappa shape index (κ3) is 4.30. The second-order valence-electron chi connectivity index (χ2n) is 5.64. The molecule has 1 fully saturated rings. The van der Waals surface area contributed by atoms with E-state index in [-0.39, 0.29) is 5.91 Å². The van der Waals surface area contributed by atoms with Crippen LogP contribution in [0, 0.1) is 5.92 Å². The normalized spacial score (nSPS) is 16.8. The number of hydrogen-bond acceptors (Lipinski definition) is 2. The summed E-state index contributed by atoms with van der Waals surface area (Å²) in [5.41, 5.74) is 0.739. The zero-order valence-electron chi connectivity index (χ0n) is 11.9. The van der Waals surface area contributed by atoms with Crippen LogP contribution < -0.4 is 0 Å². The molecule has 2 rings (SSSR count). The Kier molecular flexibility index (Phi) is 5.64. The number of halogens is 2. The molecule has 1 amide bonds. The summed E-state index contributed by atoms with van der Waals surface area (Å²) in [7, 11) is 0. The molecule has 0 aliphatic carbocycles. The highest BCUT2D eigenvalue weighted by Gasteiger charge is 2.22. The largest absolute Gasteiger partial charge is 0.336 e. The number of nitrogens with zero attached hydrogens (tertiary/aromatic N) is 2. The first-order valence-electron chi connectivity index (χ1n) is 6.93. The number of piperazine rings is 1. The van der Waals surface area contributed by atoms with Gasteiger partial charge in [0.05, 0.1) is 0 Å². The van der Waals surface area contributed by atoms with Gasteiger partial charge in [-0.3, -0.25) is 9.69 Å². The van der Waals surface area contributed by atoms with Crippen molar-refractivity contribution in [1.82, 2.24) is 9.80 Å². The average Bonchev–Trinajstić information content (AvgIpc) is 2.37. The van der Waals surface area contributed by atoms with E-state index in [1.807, 2.05) is 23.1 Å². The minimum absolute atomic E-state index is 0.121. The average molecular weight is 404 g/mol. The molecule has 0 unspecified atom stereocenters. The SMILES string of the molecule is CC(C)CN1CCN(C(=O)c2cc(Br)cc(Br)c2)CC1. The number of carbonyl (C=O) groups excluding carboxylic acids is 1. The molecule has 1 heterocycles. The Balaban J connectivity index is 1.98. The lowest BCUT2D eigenvalue weighted by Gasteiger charge is -2.35. The molecule has 3 nitrogen and oxygen atoms in total. The first-order valence-corrected chi connectivity index (χ1v) is 8.52. The topological polar surface area (TPSA) is 23.6 Å². The summed E-state index contributed by atoms with van der Waals surface area (Å²) in [4.78, 5) is 16.9. The molecule has 0 N–H and O–H groups in total. The van der Waals surface area contributed by atoms with Crippen LogP contribution in [0.3, 0.4) is 0 Å². The van der Waals surface area contributed by atoms with Crippen LogP contribution in [0.2, 0.25) is 0 Å². The lowest BCUT2D eigenvalue weighted by molar-refractivity contribution is 0.0623. The first kappa shape index (κ1) is 16.0. The predicted octanol–water partition coefficient (Wildman–Crippen LogP) is 3.63. The number of rotatable bonds is 3. The van der Waals surface area contributed by atoms with Gasteiger partial charge < -0.3 is 4.90 Å². The third-order valence-electron chi connectivity index (χ3n) is 3.39. The molecular weight excluding hydrogens is 384 g/mol. The smallest absolute Gasteiger partial charge is 0.254 e. The molecule has 1 saturated heterocycles. The monoisotopic (exact) mass is 402 g/mol. The Morgan fingerprint density at radius 2 is 1.65 bits per heavy atom. The van der Waals surface area contributed by atoms with E-state index in [0.29, 0.717) is 5.92 Å². The van der Waals surface area contributed by atoms with Gasteiger partial charge in [-0.2, -0.15) is 0 Å². The number of hydrogen-bond donors (Lipinski definition) is 0. The molecule has 0 bridgehead atoms. The van der Waals surface area contributed by atoms with Gasteiger partial charge in [-0.25, -0.2) is 0 Å². The molecular formula is C15H20Br2N2O. The quantitative estimate of drug-likeness (QED) is 0.769. The zero-order valence-corrected chi connectivity index (χ0v) is 15.1. The molecule has 0 radical (unpaired) electrons. The molecule has 0 saturated carbocycles. The zero-order chi connectivity index (χ0) is 14.7. The van der Waals surface area contributed by atoms with Gasteiger partial charge in [0, 0.05) is 47.2 Å². The van der Waals surface area contributed by atoms with Gasteiger partial charge in [0.1, 0.15) is 0 Å². The van der Waals surface area contributed by atoms with Crippen molar-refractivity contribution in [2.24, 2.45) is 5.92 Å². The summed E-state index contributed by atoms with van der Waals surface area (Å²) in [5.74, 6) is 0.800. The molecule has 1 aromatic carbocycles. The van der Waals surface area contributed by atoms with E-state index in [1.54, 1.807) is 0 Å². The van der Waals surface area contributed by atoms with Gasteiger partial charge in [0.25, 0.3) is 5.91 Å². The van der Waals surface area contributed by atoms with E-state index in [0.717, 1.165) is 47.2 Å². The second kappa shape index (κ2) is 7.05. The van der Waals surface area contributed by atoms with E-state index in [9.17, 15) is 4.79 Å². The summed E-state index contributed by atoms with van der Waals surface area (Å²) in [6, 6.07) is 5.71. The fourth-order valence-corrected chi connectivity index (χ4v) is 3.80. The molecule has 1 aromatic rings. The van der Waals surface area contributed by atoms with Crippen molar-refractivity contribution < 1.29 is 4.79 Å². The highest BCUT2D eigenvalue weighted by atomic mass is 79.9. The van der Waals surface area contributed by atoms with E-state index < -0.39 is 0 Å². The van der Waals surface area contributed by atoms with Gasteiger partial charge >= 0.3 is 0 Å². The molecule has 0 atom stereocenters. The molecule has 1 aliphatic heterocycles. The van der Waals surface area contributed by atoms with Crippen molar-refractivity contribution in [2.45, 2.75) is 13.8 Å². The Morgan fingerprint density at radius 1 is 1.10 bits per heavy atom. The van der Waals surface area contributed by atoms with Gasteiger partial charge in [-0.15, -0.1) is 0 Å². The van der Waals surface area contributed by atoms with Gasteiger partial charge in [0.2, 0.25) is 0 Å². The predicted molar refractivity (Wildman–Crippen MR) is 89.0 cm³/mol. The Morgan fingerprint density at radius 3 is 2.15 bits per heavy atom. The molecule has 0 spiro atoms. The minimum Gasteiger partial charge on any atom is -0.336 e. The third-order valence-corrected chi connectivity index (χ3v) is 4.31. The number of benzene rings is 1. The highest BCUT2D eigenvalue weighted by molar-refractivity contribution is 9.11. The van der Waals surface area contributed by atoms with Crippen molar-refractivity contribution >= 4 is 37.8 Å². The number of carbonyl (C=O) groups is 1. The van der Waals surface area contributed by atoms with Crippen LogP contribution in [0.15, 0.2) is 27.1 Å². The van der Waals surface area contributed by atoms with Crippen LogP contribution in [0.5, 0.6) is 0 Å². The molecule has 110 valence electrons. The summed E-state index contributed by atoms with van der Waals surface area (Å²) in [5, 5.41) is 0. The maximum atomic E-state index is 12.5. The Bertz CT molecular complexity index is 463. The molecule has 20 heavy (non-hydrogen) atoms. The summed E-state index contributed by atoms with van der Waals surface area (Å²) in [6.07, 6.45) is 0. The standard InChI is InChI=1S/C15H20Br2N2O/c1-11(2)10-18-3-5-19(6-4-18)15(20)12-7-13(16)9-14(17)8-12/h7-9,11H,3-6,10H2,1-2H3. The van der Waals surface area contributed by atoms with Crippen LogP contribution in [-0.4, -0.2) is 48.4 Å². The summed E-state index contributed by atoms with van der Waals surface area (Å²) >= 11 is 6.87. The van der Waals surface area contributed by atoms with E-state index >= 15 is 0 Å². The van der Waals surface area contributed by atoms with Gasteiger partial charge in [-0.05, 0) is 24.1 Å². The molecule has 5 heteroatoms. The van der Waals surface area contributed by atoms with Crippen LogP contribution in [0.4, 0.5) is 0 Å². The van der Waals surface area contributed by atoms with Crippen molar-refractivity contribution in [3.63, 3.8) is 0 Å². The molecule has 1 aliphatic rings. The molecule has 0 aromatic heterocycles. The Hall–Kier alpha value is -0.390. The fourth-order valence-electron chi connectivity index (χ4n) is 2.51. The lowest BCUT2D eigenvalue weighted by atomic mass is 10.1. The van der Waals surface area contributed by atoms with E-state index in [4.69, 9.17) is 0 Å². The lowest BCUT2D eigenvalue weighted by Crippen LogP contribution is -2.49. The van der Waals surface area contributed by atoms with Crippen LogP contribution in [-0.2, 0) is 0 Å². The Labute approximate surface area is 137 Å². The number of amides is 1. The maximum Gasteiger partial charge on any atom is 0.254 e. The van der Waals surface area contributed by atoms with Gasteiger partial charge in [0.15, 0.2) is 0 Å². The summed E-state index contributed by atoms with van der Waals surface area (Å²) < 4.78 is 1.85. The van der Waals surface area contributed by atoms with E-state index in [1.165, 1.54) is 0 Å². The maximum absolute atomic E-state index is 12.5. The van der Waals surface area contributed by atoms with Crippen LogP contribution >= 0.6 is 31.9 Å². The van der Waals surface area contributed by atoms with E-state index in [2.05, 4.69) is 50.6 Å². The van der Waals surface area contributed by atoms with Crippen molar-refractivity contribution in [3.05, 3.63) is 32.7 Å². The first-order chi connectivity index (χ1) is 9.45. The van der Waals surface area contributed by atoms with Crippen molar-refractivity contribution in [2.75, 3.05) is 32.7 Å². The van der Waals surface area contributed by atoms with Crippen molar-refractivity contribution in [3.8, 4) is 0 Å². The highest BCUT2D eigenvalue weighted by Crippen LogP contribution is 2.21.